The molecule has 3 rings (SSSR count). The summed E-state index contributed by atoms with van der Waals surface area (Å²) >= 11 is 0. The predicted molar refractivity (Wildman–Crippen MR) is 140 cm³/mol. The van der Waals surface area contributed by atoms with Crippen molar-refractivity contribution in [1.82, 2.24) is 20.9 Å². The zero-order chi connectivity index (χ0) is 35.6. The SMILES string of the molecule is [2H]C([2H])([2H])C(NC(=O)N[C@H](C(=O)N1C[C@H]2[C@@H]([C@H]1C(=O)N[C@@H](CC1CCC1)[C@@H](O)C(N)=O)C2(C)C)C(C)(C)C)(C([2H])([2H])[2H])C([2H])([2H])[2H]. The Morgan fingerprint density at radius 3 is 2.24 bits per heavy atom. The molecule has 5 amide bonds. The Balaban J connectivity index is 1.92. The van der Waals surface area contributed by atoms with E-state index in [1.54, 1.807) is 26.1 Å². The summed E-state index contributed by atoms with van der Waals surface area (Å²) in [5.41, 5.74) is 0.275. The van der Waals surface area contributed by atoms with Gasteiger partial charge >= 0.3 is 6.03 Å². The average molecular weight is 531 g/mol. The fourth-order valence-corrected chi connectivity index (χ4v) is 5.79. The molecule has 0 bridgehead atoms. The van der Waals surface area contributed by atoms with Crippen LogP contribution in [0.1, 0.15) is 93.2 Å². The van der Waals surface area contributed by atoms with Crippen LogP contribution < -0.4 is 21.7 Å². The van der Waals surface area contributed by atoms with Gasteiger partial charge in [0.2, 0.25) is 17.7 Å². The molecule has 3 fully saturated rings. The quantitative estimate of drug-likeness (QED) is 0.322. The van der Waals surface area contributed by atoms with Crippen molar-refractivity contribution >= 4 is 23.8 Å². The number of carbonyl (C=O) groups is 4. The van der Waals surface area contributed by atoms with Crippen molar-refractivity contribution in [2.24, 2.45) is 34.3 Å². The third kappa shape index (κ3) is 6.38. The molecule has 0 spiro atoms. The number of primary amides is 1. The maximum absolute atomic E-state index is 14.2. The summed E-state index contributed by atoms with van der Waals surface area (Å²) in [6.07, 6.45) is 1.40. The van der Waals surface area contributed by atoms with Crippen molar-refractivity contribution in [3.63, 3.8) is 0 Å². The number of hydrogen-bond donors (Lipinski definition) is 5. The highest BCUT2D eigenvalue weighted by molar-refractivity contribution is 5.94. The van der Waals surface area contributed by atoms with Gasteiger partial charge in [0.25, 0.3) is 0 Å². The van der Waals surface area contributed by atoms with Crippen LogP contribution in [-0.2, 0) is 14.4 Å². The van der Waals surface area contributed by atoms with E-state index in [2.05, 4.69) is 10.6 Å². The number of carbonyl (C=O) groups excluding carboxylic acids is 4. The molecule has 0 radical (unpaired) electrons. The van der Waals surface area contributed by atoms with Crippen LogP contribution >= 0.6 is 0 Å². The molecule has 1 aliphatic heterocycles. The highest BCUT2D eigenvalue weighted by Gasteiger charge is 2.69. The first-order valence-corrected chi connectivity index (χ1v) is 12.8. The van der Waals surface area contributed by atoms with E-state index in [-0.39, 0.29) is 29.7 Å². The van der Waals surface area contributed by atoms with Gasteiger partial charge in [-0.05, 0) is 55.6 Å². The normalized spacial score (nSPS) is 31.9. The zero-order valence-electron chi connectivity index (χ0n) is 31.2. The molecule has 2 aliphatic carbocycles. The van der Waals surface area contributed by atoms with Crippen LogP contribution in [-0.4, -0.2) is 70.1 Å². The molecule has 0 aromatic carbocycles. The number of aliphatic hydroxyl groups is 1. The summed E-state index contributed by atoms with van der Waals surface area (Å²) < 4.78 is 70.0. The van der Waals surface area contributed by atoms with Crippen LogP contribution in [0.3, 0.4) is 0 Å². The van der Waals surface area contributed by atoms with Gasteiger partial charge in [0.05, 0.1) is 6.04 Å². The Kier molecular flexibility index (Phi) is 5.12. The summed E-state index contributed by atoms with van der Waals surface area (Å²) in [6.45, 7) is -2.38. The van der Waals surface area contributed by atoms with E-state index in [1.807, 2.05) is 13.8 Å². The van der Waals surface area contributed by atoms with Crippen LogP contribution in [0.15, 0.2) is 0 Å². The minimum Gasteiger partial charge on any atom is -0.381 e. The third-order valence-electron chi connectivity index (χ3n) is 8.26. The van der Waals surface area contributed by atoms with Gasteiger partial charge in [0, 0.05) is 24.4 Å². The van der Waals surface area contributed by atoms with Gasteiger partial charge in [-0.2, -0.15) is 0 Å². The van der Waals surface area contributed by atoms with Gasteiger partial charge in [-0.25, -0.2) is 4.79 Å². The van der Waals surface area contributed by atoms with Gasteiger partial charge in [0.15, 0.2) is 6.10 Å². The monoisotopic (exact) mass is 530 g/mol. The number of piperidine rings is 1. The van der Waals surface area contributed by atoms with Crippen LogP contribution in [0.2, 0.25) is 0 Å². The molecule has 0 aromatic rings. The molecular formula is C27H47N5O5. The molecule has 0 aromatic heterocycles. The number of urea groups is 1. The Bertz CT molecular complexity index is 1170. The standard InChI is InChI=1S/C27H47N5O5/c1-25(2,3)20(30-24(37)31-26(4,5)6)23(36)32-13-15-17(27(15,7)8)18(32)22(35)29-16(19(33)21(28)34)12-14-10-9-11-14/h14-20,33H,9-13H2,1-8H3,(H2,28,34)(H,29,35)(H2,30,31,37)/t15-,16-,17-,18-,19+,20+/m0/s1/i4D3,5D3,6D3. The molecule has 210 valence electrons. The fraction of sp³-hybridized carbons (Fsp3) is 0.852. The number of rotatable bonds is 8. The van der Waals surface area contributed by atoms with E-state index in [4.69, 9.17) is 18.1 Å². The summed E-state index contributed by atoms with van der Waals surface area (Å²) in [4.78, 5) is 54.5. The molecule has 6 atom stereocenters. The number of hydrogen-bond acceptors (Lipinski definition) is 5. The second-order valence-corrected chi connectivity index (χ2v) is 12.5. The summed E-state index contributed by atoms with van der Waals surface area (Å²) in [5, 5.41) is 17.3. The molecule has 0 unspecified atom stereocenters. The number of aliphatic hydroxyl groups excluding tert-OH is 1. The topological polar surface area (TPSA) is 154 Å². The first kappa shape index (κ1) is 18.8. The van der Waals surface area contributed by atoms with Crippen molar-refractivity contribution in [2.75, 3.05) is 6.54 Å². The van der Waals surface area contributed by atoms with E-state index in [1.165, 1.54) is 4.90 Å². The van der Waals surface area contributed by atoms with E-state index in [0.717, 1.165) is 19.3 Å². The summed E-state index contributed by atoms with van der Waals surface area (Å²) in [6, 6.07) is -5.01. The molecule has 3 aliphatic rings. The number of nitrogens with zero attached hydrogens (tertiary/aromatic N) is 1. The van der Waals surface area contributed by atoms with Gasteiger partial charge in [-0.3, -0.25) is 14.4 Å². The van der Waals surface area contributed by atoms with Gasteiger partial charge < -0.3 is 31.7 Å². The number of likely N-dealkylation sites (tertiary alicyclic amines) is 1. The van der Waals surface area contributed by atoms with E-state index in [0.29, 0.717) is 6.42 Å². The number of amides is 5. The Morgan fingerprint density at radius 1 is 1.14 bits per heavy atom. The Morgan fingerprint density at radius 2 is 1.76 bits per heavy atom. The van der Waals surface area contributed by atoms with Crippen molar-refractivity contribution in [1.29, 1.82) is 0 Å². The molecule has 2 saturated carbocycles. The lowest BCUT2D eigenvalue weighted by Gasteiger charge is -2.39. The van der Waals surface area contributed by atoms with Gasteiger partial charge in [-0.1, -0.05) is 53.9 Å². The smallest absolute Gasteiger partial charge is 0.315 e. The average Bonchev–Trinajstić information content (AvgIpc) is 3.17. The summed E-state index contributed by atoms with van der Waals surface area (Å²) in [5.74, 6) is -2.56. The van der Waals surface area contributed by atoms with Crippen molar-refractivity contribution < 1.29 is 36.6 Å². The molecule has 37 heavy (non-hydrogen) atoms. The van der Waals surface area contributed by atoms with Crippen molar-refractivity contribution in [3.05, 3.63) is 0 Å². The molecule has 1 heterocycles. The number of fused-ring (bicyclic) bond motifs is 1. The Hall–Kier alpha value is -2.36. The van der Waals surface area contributed by atoms with Crippen LogP contribution in [0, 0.1) is 28.6 Å². The maximum Gasteiger partial charge on any atom is 0.315 e. The largest absolute Gasteiger partial charge is 0.381 e. The minimum atomic E-state index is -3.71. The van der Waals surface area contributed by atoms with Crippen LogP contribution in [0.5, 0.6) is 0 Å². The second kappa shape index (κ2) is 10.1. The molecule has 10 heteroatoms. The lowest BCUT2D eigenvalue weighted by Crippen LogP contribution is -2.62. The van der Waals surface area contributed by atoms with Crippen LogP contribution in [0.4, 0.5) is 4.79 Å². The zero-order valence-corrected chi connectivity index (χ0v) is 22.2. The fourth-order valence-electron chi connectivity index (χ4n) is 5.79. The first-order chi connectivity index (χ1) is 20.6. The van der Waals surface area contributed by atoms with Crippen molar-refractivity contribution in [3.8, 4) is 0 Å². The molecule has 6 N–H and O–H groups in total. The molecule has 10 nitrogen and oxygen atoms in total. The lowest BCUT2D eigenvalue weighted by atomic mass is 9.79. The lowest BCUT2D eigenvalue weighted by molar-refractivity contribution is -0.144. The maximum atomic E-state index is 14.2. The molecule has 1 saturated heterocycles. The molecular weight excluding hydrogens is 474 g/mol. The highest BCUT2D eigenvalue weighted by atomic mass is 16.3. The predicted octanol–water partition coefficient (Wildman–Crippen LogP) is 1.50. The third-order valence-corrected chi connectivity index (χ3v) is 8.26. The number of nitrogens with one attached hydrogen (secondary N) is 3. The van der Waals surface area contributed by atoms with E-state index in [9.17, 15) is 24.3 Å². The van der Waals surface area contributed by atoms with Gasteiger partial charge in [-0.15, -0.1) is 0 Å². The minimum absolute atomic E-state index is 0.0953. The number of nitrogens with two attached hydrogens (primary N) is 1. The van der Waals surface area contributed by atoms with Gasteiger partial charge in [0.1, 0.15) is 12.1 Å². The van der Waals surface area contributed by atoms with E-state index < -0.39 is 79.5 Å². The Labute approximate surface area is 233 Å². The van der Waals surface area contributed by atoms with Crippen LogP contribution in [0.25, 0.3) is 0 Å². The van der Waals surface area contributed by atoms with E-state index >= 15 is 0 Å². The van der Waals surface area contributed by atoms with Crippen molar-refractivity contribution in [2.45, 2.75) is 111 Å². The first-order valence-electron chi connectivity index (χ1n) is 17.3. The highest BCUT2D eigenvalue weighted by Crippen LogP contribution is 2.65. The second-order valence-electron chi connectivity index (χ2n) is 12.5. The summed E-state index contributed by atoms with van der Waals surface area (Å²) in [7, 11) is 0.